The van der Waals surface area contributed by atoms with Crippen LogP contribution in [0, 0.1) is 10.1 Å². The summed E-state index contributed by atoms with van der Waals surface area (Å²) in [5.41, 5.74) is 0.763. The molecule has 1 atom stereocenters. The summed E-state index contributed by atoms with van der Waals surface area (Å²) < 4.78 is 5.08. The third-order valence-corrected chi connectivity index (χ3v) is 3.70. The minimum atomic E-state index is -0.569. The Balaban J connectivity index is 2.17. The molecule has 0 radical (unpaired) electrons. The van der Waals surface area contributed by atoms with Gasteiger partial charge in [0.05, 0.1) is 28.7 Å². The van der Waals surface area contributed by atoms with Gasteiger partial charge in [0.1, 0.15) is 5.75 Å². The summed E-state index contributed by atoms with van der Waals surface area (Å²) in [6.45, 7) is 1.81. The van der Waals surface area contributed by atoms with E-state index in [0.717, 1.165) is 5.56 Å². The molecular weight excluding hydrogens is 320 g/mol. The van der Waals surface area contributed by atoms with E-state index in [9.17, 15) is 14.9 Å². The Bertz CT molecular complexity index is 731. The number of nitro benzene ring substituents is 1. The Morgan fingerprint density at radius 3 is 2.48 bits per heavy atom. The molecule has 0 heterocycles. The normalized spacial score (nSPS) is 11.6. The van der Waals surface area contributed by atoms with E-state index in [1.165, 1.54) is 18.2 Å². The van der Waals surface area contributed by atoms with Crippen molar-refractivity contribution in [3.05, 3.63) is 68.7 Å². The number of methoxy groups -OCH3 is 1. The summed E-state index contributed by atoms with van der Waals surface area (Å²) in [6.07, 6.45) is 0. The Labute approximate surface area is 138 Å². The Morgan fingerprint density at radius 2 is 1.91 bits per heavy atom. The number of carbonyl (C=O) groups excluding carboxylic acids is 1. The van der Waals surface area contributed by atoms with Crippen molar-refractivity contribution in [2.45, 2.75) is 13.0 Å². The van der Waals surface area contributed by atoms with E-state index in [4.69, 9.17) is 16.3 Å². The topological polar surface area (TPSA) is 81.5 Å². The molecule has 1 N–H and O–H groups in total. The lowest BCUT2D eigenvalue weighted by Crippen LogP contribution is -2.27. The lowest BCUT2D eigenvalue weighted by Gasteiger charge is -2.15. The monoisotopic (exact) mass is 334 g/mol. The van der Waals surface area contributed by atoms with Crippen LogP contribution in [0.5, 0.6) is 5.75 Å². The van der Waals surface area contributed by atoms with Crippen molar-refractivity contribution in [3.8, 4) is 5.75 Å². The molecule has 2 aromatic carbocycles. The highest BCUT2D eigenvalue weighted by molar-refractivity contribution is 6.33. The number of nitrogens with zero attached hydrogens (tertiary/aromatic N) is 1. The van der Waals surface area contributed by atoms with Crippen molar-refractivity contribution in [2.75, 3.05) is 7.11 Å². The van der Waals surface area contributed by atoms with Gasteiger partial charge in [-0.3, -0.25) is 14.9 Å². The van der Waals surface area contributed by atoms with Crippen LogP contribution in [0.2, 0.25) is 5.02 Å². The molecule has 0 aliphatic heterocycles. The number of amides is 1. The zero-order valence-electron chi connectivity index (χ0n) is 12.6. The van der Waals surface area contributed by atoms with E-state index in [2.05, 4.69) is 5.32 Å². The first-order valence-electron chi connectivity index (χ1n) is 6.81. The second-order valence-corrected chi connectivity index (χ2v) is 5.30. The first-order valence-corrected chi connectivity index (χ1v) is 7.19. The molecule has 0 bridgehead atoms. The van der Waals surface area contributed by atoms with E-state index >= 15 is 0 Å². The van der Waals surface area contributed by atoms with E-state index in [1.54, 1.807) is 19.2 Å². The molecule has 120 valence electrons. The van der Waals surface area contributed by atoms with E-state index < -0.39 is 10.8 Å². The third kappa shape index (κ3) is 3.98. The molecule has 0 saturated carbocycles. The van der Waals surface area contributed by atoms with Gasteiger partial charge in [0.25, 0.3) is 11.6 Å². The Hall–Kier alpha value is -2.60. The minimum Gasteiger partial charge on any atom is -0.497 e. The number of rotatable bonds is 5. The number of halogens is 1. The van der Waals surface area contributed by atoms with Crippen LogP contribution in [0.3, 0.4) is 0 Å². The van der Waals surface area contributed by atoms with E-state index in [-0.39, 0.29) is 22.3 Å². The number of nitrogens with one attached hydrogen (secondary N) is 1. The number of hydrogen-bond acceptors (Lipinski definition) is 4. The van der Waals surface area contributed by atoms with Crippen LogP contribution in [-0.2, 0) is 0 Å². The molecule has 0 unspecified atom stereocenters. The first kappa shape index (κ1) is 16.8. The third-order valence-electron chi connectivity index (χ3n) is 3.37. The van der Waals surface area contributed by atoms with Crippen LogP contribution >= 0.6 is 11.6 Å². The smallest absolute Gasteiger partial charge is 0.270 e. The van der Waals surface area contributed by atoms with Gasteiger partial charge < -0.3 is 10.1 Å². The van der Waals surface area contributed by atoms with E-state index in [0.29, 0.717) is 5.75 Å². The molecule has 7 heteroatoms. The molecule has 0 saturated heterocycles. The average Bonchev–Trinajstić information content (AvgIpc) is 2.54. The minimum absolute atomic E-state index is 0.0706. The van der Waals surface area contributed by atoms with Gasteiger partial charge in [0.2, 0.25) is 0 Å². The van der Waals surface area contributed by atoms with Gasteiger partial charge in [-0.05, 0) is 30.7 Å². The Morgan fingerprint density at radius 1 is 1.26 bits per heavy atom. The van der Waals surface area contributed by atoms with Crippen molar-refractivity contribution in [1.29, 1.82) is 0 Å². The summed E-state index contributed by atoms with van der Waals surface area (Å²) in [7, 11) is 1.57. The second-order valence-electron chi connectivity index (χ2n) is 4.89. The number of benzene rings is 2. The highest BCUT2D eigenvalue weighted by atomic mass is 35.5. The number of hydrogen-bond donors (Lipinski definition) is 1. The van der Waals surface area contributed by atoms with Gasteiger partial charge in [-0.15, -0.1) is 0 Å². The van der Waals surface area contributed by atoms with Crippen molar-refractivity contribution >= 4 is 23.2 Å². The number of nitro groups is 1. The molecule has 1 amide bonds. The van der Waals surface area contributed by atoms with Gasteiger partial charge in [0, 0.05) is 12.1 Å². The molecule has 0 aliphatic carbocycles. The number of carbonyl (C=O) groups is 1. The largest absolute Gasteiger partial charge is 0.497 e. The van der Waals surface area contributed by atoms with Gasteiger partial charge in [-0.1, -0.05) is 23.7 Å². The fourth-order valence-corrected chi connectivity index (χ4v) is 2.25. The van der Waals surface area contributed by atoms with Gasteiger partial charge in [-0.25, -0.2) is 0 Å². The predicted molar refractivity (Wildman–Crippen MR) is 87.0 cm³/mol. The van der Waals surface area contributed by atoms with Gasteiger partial charge >= 0.3 is 0 Å². The van der Waals surface area contributed by atoms with Crippen molar-refractivity contribution < 1.29 is 14.5 Å². The van der Waals surface area contributed by atoms with Crippen molar-refractivity contribution in [2.24, 2.45) is 0 Å². The summed E-state index contributed by atoms with van der Waals surface area (Å²) in [5, 5.41) is 13.7. The lowest BCUT2D eigenvalue weighted by atomic mass is 10.1. The summed E-state index contributed by atoms with van der Waals surface area (Å²) in [4.78, 5) is 22.5. The molecular formula is C16H15ClN2O4. The standard InChI is InChI=1S/C16H15ClN2O4/c1-10(11-3-6-13(23-2)7-4-11)18-16(20)14-9-12(19(21)22)5-8-15(14)17/h3-10H,1-2H3,(H,18,20)/t10-/m0/s1. The van der Waals surface area contributed by atoms with Crippen LogP contribution in [-0.4, -0.2) is 17.9 Å². The van der Waals surface area contributed by atoms with E-state index in [1.807, 2.05) is 19.1 Å². The van der Waals surface area contributed by atoms with Crippen LogP contribution < -0.4 is 10.1 Å². The molecule has 0 spiro atoms. The quantitative estimate of drug-likeness (QED) is 0.667. The van der Waals surface area contributed by atoms with Crippen molar-refractivity contribution in [1.82, 2.24) is 5.32 Å². The maximum absolute atomic E-state index is 12.3. The van der Waals surface area contributed by atoms with Crippen LogP contribution in [0.4, 0.5) is 5.69 Å². The maximum atomic E-state index is 12.3. The highest BCUT2D eigenvalue weighted by Crippen LogP contribution is 2.23. The molecule has 6 nitrogen and oxygen atoms in total. The fourth-order valence-electron chi connectivity index (χ4n) is 2.05. The fraction of sp³-hybridized carbons (Fsp3) is 0.188. The van der Waals surface area contributed by atoms with Crippen LogP contribution in [0.25, 0.3) is 0 Å². The lowest BCUT2D eigenvalue weighted by molar-refractivity contribution is -0.384. The molecule has 0 aromatic heterocycles. The zero-order valence-corrected chi connectivity index (χ0v) is 13.3. The van der Waals surface area contributed by atoms with Crippen molar-refractivity contribution in [3.63, 3.8) is 0 Å². The number of non-ortho nitro benzene ring substituents is 1. The SMILES string of the molecule is COc1ccc([C@H](C)NC(=O)c2cc([N+](=O)[O-])ccc2Cl)cc1. The molecule has 23 heavy (non-hydrogen) atoms. The average molecular weight is 335 g/mol. The number of ether oxygens (including phenoxy) is 1. The molecule has 2 rings (SSSR count). The predicted octanol–water partition coefficient (Wildman–Crippen LogP) is 3.75. The summed E-state index contributed by atoms with van der Waals surface area (Å²) in [6, 6.07) is 10.7. The summed E-state index contributed by atoms with van der Waals surface area (Å²) in [5.74, 6) is 0.246. The highest BCUT2D eigenvalue weighted by Gasteiger charge is 2.18. The van der Waals surface area contributed by atoms with Crippen LogP contribution in [0.15, 0.2) is 42.5 Å². The Kier molecular flexibility index (Phi) is 5.18. The molecule has 2 aromatic rings. The van der Waals surface area contributed by atoms with Gasteiger partial charge in [-0.2, -0.15) is 0 Å². The zero-order chi connectivity index (χ0) is 17.0. The van der Waals surface area contributed by atoms with Crippen LogP contribution in [0.1, 0.15) is 28.9 Å². The molecule has 0 aliphatic rings. The molecule has 0 fully saturated rings. The second kappa shape index (κ2) is 7.11. The maximum Gasteiger partial charge on any atom is 0.270 e. The first-order chi connectivity index (χ1) is 10.9. The summed E-state index contributed by atoms with van der Waals surface area (Å²) >= 11 is 5.96. The van der Waals surface area contributed by atoms with Gasteiger partial charge in [0.15, 0.2) is 0 Å².